The van der Waals surface area contributed by atoms with E-state index in [1.807, 2.05) is 5.51 Å². The SMILES string of the molecule is CC(C)(C)c1cc(CN2CCC(c3cscn3)CC2)[nH]n1. The van der Waals surface area contributed by atoms with Crippen LogP contribution in [-0.2, 0) is 12.0 Å². The second kappa shape index (κ2) is 5.89. The first-order chi connectivity index (χ1) is 10.0. The van der Waals surface area contributed by atoms with Gasteiger partial charge in [-0.3, -0.25) is 10.00 Å². The number of nitrogens with zero attached hydrogens (tertiary/aromatic N) is 3. The van der Waals surface area contributed by atoms with Gasteiger partial charge in [-0.1, -0.05) is 20.8 Å². The Morgan fingerprint density at radius 3 is 2.67 bits per heavy atom. The summed E-state index contributed by atoms with van der Waals surface area (Å²) in [4.78, 5) is 6.98. The second-order valence-corrected chi connectivity index (χ2v) is 7.71. The molecule has 0 bridgehead atoms. The zero-order valence-corrected chi connectivity index (χ0v) is 13.9. The standard InChI is InChI=1S/C16H24N4S/c1-16(2,3)15-8-13(18-19-15)9-20-6-4-12(5-7-20)14-10-21-11-17-14/h8,10-12H,4-7,9H2,1-3H3,(H,18,19). The minimum Gasteiger partial charge on any atom is -0.297 e. The van der Waals surface area contributed by atoms with Crippen molar-refractivity contribution in [2.24, 2.45) is 0 Å². The van der Waals surface area contributed by atoms with Crippen molar-refractivity contribution in [1.82, 2.24) is 20.1 Å². The van der Waals surface area contributed by atoms with Gasteiger partial charge in [-0.2, -0.15) is 5.10 Å². The number of likely N-dealkylation sites (tertiary alicyclic amines) is 1. The van der Waals surface area contributed by atoms with E-state index in [4.69, 9.17) is 0 Å². The molecule has 1 saturated heterocycles. The molecule has 1 N–H and O–H groups in total. The Hall–Kier alpha value is -1.20. The van der Waals surface area contributed by atoms with Crippen molar-refractivity contribution in [3.63, 3.8) is 0 Å². The first-order valence-electron chi connectivity index (χ1n) is 7.67. The summed E-state index contributed by atoms with van der Waals surface area (Å²) in [6, 6.07) is 2.21. The number of aromatic amines is 1. The number of hydrogen-bond acceptors (Lipinski definition) is 4. The van der Waals surface area contributed by atoms with Crippen LogP contribution in [0.5, 0.6) is 0 Å². The molecule has 21 heavy (non-hydrogen) atoms. The average Bonchev–Trinajstić information content (AvgIpc) is 3.09. The predicted molar refractivity (Wildman–Crippen MR) is 86.7 cm³/mol. The third kappa shape index (κ3) is 3.52. The maximum Gasteiger partial charge on any atom is 0.0794 e. The van der Waals surface area contributed by atoms with Crippen LogP contribution >= 0.6 is 11.3 Å². The van der Waals surface area contributed by atoms with Gasteiger partial charge in [-0.05, 0) is 32.0 Å². The van der Waals surface area contributed by atoms with Crippen LogP contribution in [0, 0.1) is 0 Å². The lowest BCUT2D eigenvalue weighted by atomic mass is 9.92. The lowest BCUT2D eigenvalue weighted by Crippen LogP contribution is -2.32. The van der Waals surface area contributed by atoms with Gasteiger partial charge >= 0.3 is 0 Å². The van der Waals surface area contributed by atoms with Gasteiger partial charge in [0.05, 0.1) is 16.9 Å². The number of H-pyrrole nitrogens is 1. The van der Waals surface area contributed by atoms with Crippen LogP contribution in [0.25, 0.3) is 0 Å². The lowest BCUT2D eigenvalue weighted by molar-refractivity contribution is 0.201. The topological polar surface area (TPSA) is 44.8 Å². The first-order valence-corrected chi connectivity index (χ1v) is 8.62. The Labute approximate surface area is 130 Å². The summed E-state index contributed by atoms with van der Waals surface area (Å²) in [5, 5.41) is 9.84. The van der Waals surface area contributed by atoms with Crippen molar-refractivity contribution in [2.75, 3.05) is 13.1 Å². The second-order valence-electron chi connectivity index (χ2n) is 6.99. The first kappa shape index (κ1) is 14.7. The van der Waals surface area contributed by atoms with Crippen LogP contribution in [0.1, 0.15) is 56.6 Å². The van der Waals surface area contributed by atoms with Gasteiger partial charge in [0.15, 0.2) is 0 Å². The summed E-state index contributed by atoms with van der Waals surface area (Å²) in [5.41, 5.74) is 5.73. The maximum absolute atomic E-state index is 4.46. The molecule has 3 rings (SSSR count). The van der Waals surface area contributed by atoms with Gasteiger partial charge in [0, 0.05) is 29.0 Å². The van der Waals surface area contributed by atoms with E-state index in [0.717, 1.165) is 25.3 Å². The van der Waals surface area contributed by atoms with Gasteiger partial charge in [0.2, 0.25) is 0 Å². The molecule has 5 heteroatoms. The summed E-state index contributed by atoms with van der Waals surface area (Å²) < 4.78 is 0. The largest absolute Gasteiger partial charge is 0.297 e. The van der Waals surface area contributed by atoms with Crippen LogP contribution in [0.15, 0.2) is 17.0 Å². The van der Waals surface area contributed by atoms with Crippen molar-refractivity contribution in [3.8, 4) is 0 Å². The number of aromatic nitrogens is 3. The van der Waals surface area contributed by atoms with Gasteiger partial charge in [-0.25, -0.2) is 4.98 Å². The summed E-state index contributed by atoms with van der Waals surface area (Å²) in [7, 11) is 0. The van der Waals surface area contributed by atoms with E-state index in [9.17, 15) is 0 Å². The van der Waals surface area contributed by atoms with Gasteiger partial charge in [0.1, 0.15) is 0 Å². The molecule has 0 saturated carbocycles. The van der Waals surface area contributed by atoms with Crippen molar-refractivity contribution in [3.05, 3.63) is 34.0 Å². The fourth-order valence-corrected chi connectivity index (χ4v) is 3.51. The zero-order valence-electron chi connectivity index (χ0n) is 13.1. The Morgan fingerprint density at radius 1 is 1.33 bits per heavy atom. The molecule has 1 fully saturated rings. The number of thiazole rings is 1. The highest BCUT2D eigenvalue weighted by Crippen LogP contribution is 2.28. The van der Waals surface area contributed by atoms with E-state index < -0.39 is 0 Å². The molecular formula is C16H24N4S. The van der Waals surface area contributed by atoms with E-state index in [1.165, 1.54) is 24.2 Å². The molecule has 0 spiro atoms. The molecular weight excluding hydrogens is 280 g/mol. The minimum absolute atomic E-state index is 0.117. The third-order valence-corrected chi connectivity index (χ3v) is 4.86. The van der Waals surface area contributed by atoms with Crippen LogP contribution in [-0.4, -0.2) is 33.2 Å². The monoisotopic (exact) mass is 304 g/mol. The molecule has 4 nitrogen and oxygen atoms in total. The lowest BCUT2D eigenvalue weighted by Gasteiger charge is -2.30. The zero-order chi connectivity index (χ0) is 14.9. The molecule has 0 radical (unpaired) electrons. The van der Waals surface area contributed by atoms with Gasteiger partial charge < -0.3 is 0 Å². The molecule has 2 aromatic rings. The molecule has 3 heterocycles. The number of rotatable bonds is 3. The molecule has 1 aliphatic rings. The van der Waals surface area contributed by atoms with Crippen LogP contribution in [0.3, 0.4) is 0 Å². The molecule has 0 atom stereocenters. The molecule has 0 amide bonds. The van der Waals surface area contributed by atoms with Crippen LogP contribution in [0.4, 0.5) is 0 Å². The summed E-state index contributed by atoms with van der Waals surface area (Å²) in [6.07, 6.45) is 2.42. The van der Waals surface area contributed by atoms with E-state index in [-0.39, 0.29) is 5.41 Å². The van der Waals surface area contributed by atoms with Crippen LogP contribution < -0.4 is 0 Å². The quantitative estimate of drug-likeness (QED) is 0.943. The normalized spacial score (nSPS) is 18.2. The Balaban J connectivity index is 1.55. The Bertz CT molecular complexity index is 559. The van der Waals surface area contributed by atoms with Crippen molar-refractivity contribution >= 4 is 11.3 Å². The fraction of sp³-hybridized carbons (Fsp3) is 0.625. The fourth-order valence-electron chi connectivity index (χ4n) is 2.88. The summed E-state index contributed by atoms with van der Waals surface area (Å²) in [6.45, 7) is 9.87. The smallest absolute Gasteiger partial charge is 0.0794 e. The third-order valence-electron chi connectivity index (χ3n) is 4.25. The molecule has 114 valence electrons. The predicted octanol–water partition coefficient (Wildman–Crippen LogP) is 3.54. The highest BCUT2D eigenvalue weighted by atomic mass is 32.1. The van der Waals surface area contributed by atoms with E-state index in [2.05, 4.69) is 52.3 Å². The van der Waals surface area contributed by atoms with Gasteiger partial charge in [-0.15, -0.1) is 11.3 Å². The van der Waals surface area contributed by atoms with Crippen LogP contribution in [0.2, 0.25) is 0 Å². The molecule has 0 aliphatic carbocycles. The average molecular weight is 304 g/mol. The highest BCUT2D eigenvalue weighted by Gasteiger charge is 2.23. The highest BCUT2D eigenvalue weighted by molar-refractivity contribution is 7.07. The van der Waals surface area contributed by atoms with E-state index in [0.29, 0.717) is 5.92 Å². The van der Waals surface area contributed by atoms with Crippen molar-refractivity contribution < 1.29 is 0 Å². The van der Waals surface area contributed by atoms with E-state index >= 15 is 0 Å². The number of piperidine rings is 1. The van der Waals surface area contributed by atoms with Gasteiger partial charge in [0.25, 0.3) is 0 Å². The summed E-state index contributed by atoms with van der Waals surface area (Å²) in [5.74, 6) is 0.652. The van der Waals surface area contributed by atoms with Crippen molar-refractivity contribution in [1.29, 1.82) is 0 Å². The maximum atomic E-state index is 4.46. The molecule has 1 aliphatic heterocycles. The Morgan fingerprint density at radius 2 is 2.10 bits per heavy atom. The van der Waals surface area contributed by atoms with Crippen molar-refractivity contribution in [2.45, 2.75) is 51.5 Å². The van der Waals surface area contributed by atoms with E-state index in [1.54, 1.807) is 11.3 Å². The molecule has 0 aromatic carbocycles. The number of nitrogens with one attached hydrogen (secondary N) is 1. The minimum atomic E-state index is 0.117. The summed E-state index contributed by atoms with van der Waals surface area (Å²) >= 11 is 1.70. The molecule has 2 aromatic heterocycles. The number of hydrogen-bond donors (Lipinski definition) is 1. The molecule has 0 unspecified atom stereocenters. The Kier molecular flexibility index (Phi) is 4.13.